The standard InChI is InChI=1S/C24H22N4/c1-6-28(7-2)18-12-14-22(17(3)16-18)27-23-15-13-21(24(25-4)26-5)19-10-8-9-11-20(19)23/h8-16H,6-7H2,1-3H3. The minimum atomic E-state index is 0.0857. The highest BCUT2D eigenvalue weighted by Crippen LogP contribution is 2.32. The Hall–Kier alpha value is -3.63. The van der Waals surface area contributed by atoms with Crippen LogP contribution in [-0.2, 0) is 0 Å². The van der Waals surface area contributed by atoms with Gasteiger partial charge in [-0.15, -0.1) is 0 Å². The Morgan fingerprint density at radius 2 is 1.64 bits per heavy atom. The first-order valence-electron chi connectivity index (χ1n) is 9.34. The molecule has 0 saturated heterocycles. The van der Waals surface area contributed by atoms with Crippen molar-refractivity contribution >= 4 is 22.7 Å². The number of rotatable bonds is 4. The molecule has 0 radical (unpaired) electrons. The highest BCUT2D eigenvalue weighted by atomic mass is 15.1. The van der Waals surface area contributed by atoms with Crippen molar-refractivity contribution < 1.29 is 0 Å². The van der Waals surface area contributed by atoms with Gasteiger partial charge in [0.1, 0.15) is 13.1 Å². The topological polar surface area (TPSA) is 24.3 Å². The first-order chi connectivity index (χ1) is 13.6. The van der Waals surface area contributed by atoms with Gasteiger partial charge in [0.15, 0.2) is 0 Å². The molecule has 2 aromatic rings. The van der Waals surface area contributed by atoms with Crippen molar-refractivity contribution in [2.45, 2.75) is 20.8 Å². The molecule has 0 saturated carbocycles. The summed E-state index contributed by atoms with van der Waals surface area (Å²) in [6.45, 7) is 22.9. The van der Waals surface area contributed by atoms with E-state index in [0.717, 1.165) is 41.2 Å². The third-order valence-electron chi connectivity index (χ3n) is 4.90. The van der Waals surface area contributed by atoms with Crippen molar-refractivity contribution in [2.24, 2.45) is 4.99 Å². The molecule has 4 nitrogen and oxygen atoms in total. The van der Waals surface area contributed by atoms with Crippen LogP contribution >= 0.6 is 0 Å². The van der Waals surface area contributed by atoms with E-state index in [9.17, 15) is 0 Å². The lowest BCUT2D eigenvalue weighted by molar-refractivity contribution is 0.865. The summed E-state index contributed by atoms with van der Waals surface area (Å²) in [5, 5.41) is 0. The quantitative estimate of drug-likeness (QED) is 0.605. The van der Waals surface area contributed by atoms with Gasteiger partial charge in [-0.2, -0.15) is 9.69 Å². The van der Waals surface area contributed by atoms with Gasteiger partial charge in [-0.3, -0.25) is 0 Å². The molecule has 0 amide bonds. The highest BCUT2D eigenvalue weighted by Gasteiger charge is 2.22. The number of hydrogen-bond acceptors (Lipinski definition) is 2. The van der Waals surface area contributed by atoms with Gasteiger partial charge in [0, 0.05) is 24.3 Å². The number of aliphatic imine (C=N–C) groups is 1. The van der Waals surface area contributed by atoms with Gasteiger partial charge in [-0.25, -0.2) is 4.99 Å². The molecule has 0 aromatic heterocycles. The zero-order chi connectivity index (χ0) is 20.1. The van der Waals surface area contributed by atoms with Crippen LogP contribution in [0.25, 0.3) is 15.3 Å². The van der Waals surface area contributed by atoms with Crippen LogP contribution < -0.4 is 4.90 Å². The number of fused-ring (bicyclic) bond motifs is 1. The third kappa shape index (κ3) is 3.59. The van der Waals surface area contributed by atoms with E-state index in [2.05, 4.69) is 53.6 Å². The lowest BCUT2D eigenvalue weighted by Gasteiger charge is -2.22. The van der Waals surface area contributed by atoms with Crippen molar-refractivity contribution in [3.8, 4) is 0 Å². The van der Waals surface area contributed by atoms with Crippen LogP contribution in [-0.4, -0.2) is 18.8 Å². The van der Waals surface area contributed by atoms with Crippen LogP contribution in [0, 0.1) is 20.1 Å². The summed E-state index contributed by atoms with van der Waals surface area (Å²) in [4.78, 5) is 14.0. The summed E-state index contributed by atoms with van der Waals surface area (Å²) in [5.41, 5.74) is 6.57. The number of aryl methyl sites for hydroxylation is 1. The van der Waals surface area contributed by atoms with Crippen LogP contribution in [0.4, 0.5) is 11.4 Å². The first kappa shape index (κ1) is 19.1. The molecule has 0 spiro atoms. The van der Waals surface area contributed by atoms with E-state index in [0.29, 0.717) is 5.57 Å². The van der Waals surface area contributed by atoms with Gasteiger partial charge in [0.05, 0.1) is 17.0 Å². The summed E-state index contributed by atoms with van der Waals surface area (Å²) in [6, 6.07) is 14.1. The first-order valence-corrected chi connectivity index (χ1v) is 9.34. The lowest BCUT2D eigenvalue weighted by Crippen LogP contribution is -2.21. The Morgan fingerprint density at radius 3 is 2.25 bits per heavy atom. The Labute approximate surface area is 166 Å². The molecule has 0 aliphatic heterocycles. The summed E-state index contributed by atoms with van der Waals surface area (Å²) in [6.07, 6.45) is 3.72. The fourth-order valence-electron chi connectivity index (χ4n) is 3.40. The van der Waals surface area contributed by atoms with Crippen LogP contribution in [0.1, 0.15) is 30.5 Å². The van der Waals surface area contributed by atoms with E-state index in [4.69, 9.17) is 18.1 Å². The van der Waals surface area contributed by atoms with Crippen molar-refractivity contribution in [3.05, 3.63) is 100.0 Å². The summed E-state index contributed by atoms with van der Waals surface area (Å²) in [5.74, 6) is 0.0857. The van der Waals surface area contributed by atoms with Gasteiger partial charge in [-0.1, -0.05) is 30.3 Å². The van der Waals surface area contributed by atoms with Crippen molar-refractivity contribution in [3.63, 3.8) is 0 Å². The van der Waals surface area contributed by atoms with Crippen LogP contribution in [0.2, 0.25) is 0 Å². The molecule has 0 heterocycles. The maximum atomic E-state index is 7.27. The van der Waals surface area contributed by atoms with E-state index < -0.39 is 0 Å². The Balaban J connectivity index is 2.08. The fourth-order valence-corrected chi connectivity index (χ4v) is 3.40. The molecule has 0 bridgehead atoms. The lowest BCUT2D eigenvalue weighted by atomic mass is 9.91. The number of hydrogen-bond donors (Lipinski definition) is 0. The maximum Gasteiger partial charge on any atom is 0.527 e. The molecule has 4 heteroatoms. The van der Waals surface area contributed by atoms with Crippen molar-refractivity contribution in [1.82, 2.24) is 0 Å². The van der Waals surface area contributed by atoms with Gasteiger partial charge in [-0.05, 0) is 56.2 Å². The molecular formula is C24H22N4. The molecule has 1 aliphatic carbocycles. The van der Waals surface area contributed by atoms with Crippen LogP contribution in [0.3, 0.4) is 0 Å². The van der Waals surface area contributed by atoms with Crippen LogP contribution in [0.5, 0.6) is 0 Å². The van der Waals surface area contributed by atoms with E-state index in [-0.39, 0.29) is 5.82 Å². The molecule has 2 aromatic carbocycles. The van der Waals surface area contributed by atoms with E-state index in [1.54, 1.807) is 0 Å². The third-order valence-corrected chi connectivity index (χ3v) is 4.90. The summed E-state index contributed by atoms with van der Waals surface area (Å²) >= 11 is 0. The molecule has 0 atom stereocenters. The summed E-state index contributed by atoms with van der Waals surface area (Å²) < 4.78 is 0. The zero-order valence-electron chi connectivity index (χ0n) is 16.4. The Morgan fingerprint density at radius 1 is 0.964 bits per heavy atom. The molecule has 0 N–H and O–H groups in total. The normalized spacial score (nSPS) is 13.6. The van der Waals surface area contributed by atoms with E-state index in [1.807, 2.05) is 36.4 Å². The smallest absolute Gasteiger partial charge is 0.372 e. The number of anilines is 1. The second-order valence-corrected chi connectivity index (χ2v) is 6.48. The molecule has 1 aliphatic rings. The SMILES string of the molecule is [C-]#[N+]C([N+]#[C-])=C1C=CC(=Nc2ccc(N(CC)CC)cc2C)c2ccccc21. The molecule has 0 fully saturated rings. The number of allylic oxidation sites excluding steroid dienone is 3. The predicted molar refractivity (Wildman–Crippen MR) is 117 cm³/mol. The van der Waals surface area contributed by atoms with Crippen LogP contribution in [0.15, 0.2) is 65.4 Å². The maximum absolute atomic E-state index is 7.27. The monoisotopic (exact) mass is 366 g/mol. The predicted octanol–water partition coefficient (Wildman–Crippen LogP) is 6.04. The van der Waals surface area contributed by atoms with E-state index >= 15 is 0 Å². The van der Waals surface area contributed by atoms with Gasteiger partial charge >= 0.3 is 5.82 Å². The minimum absolute atomic E-state index is 0.0857. The van der Waals surface area contributed by atoms with Crippen molar-refractivity contribution in [1.29, 1.82) is 0 Å². The molecule has 3 rings (SSSR count). The molecule has 28 heavy (non-hydrogen) atoms. The second-order valence-electron chi connectivity index (χ2n) is 6.48. The second kappa shape index (κ2) is 8.37. The fraction of sp³-hybridized carbons (Fsp3) is 0.208. The van der Waals surface area contributed by atoms with Gasteiger partial charge in [0.25, 0.3) is 0 Å². The summed E-state index contributed by atoms with van der Waals surface area (Å²) in [7, 11) is 0. The zero-order valence-corrected chi connectivity index (χ0v) is 16.4. The average Bonchev–Trinajstić information content (AvgIpc) is 2.73. The molecular weight excluding hydrogens is 344 g/mol. The van der Waals surface area contributed by atoms with Gasteiger partial charge in [0.2, 0.25) is 0 Å². The van der Waals surface area contributed by atoms with Gasteiger partial charge < -0.3 is 4.90 Å². The molecule has 0 unspecified atom stereocenters. The number of benzene rings is 2. The Kier molecular flexibility index (Phi) is 5.72. The Bertz CT molecular complexity index is 1050. The minimum Gasteiger partial charge on any atom is -0.372 e. The van der Waals surface area contributed by atoms with Crippen molar-refractivity contribution in [2.75, 3.05) is 18.0 Å². The highest BCUT2D eigenvalue weighted by molar-refractivity contribution is 6.16. The average molecular weight is 366 g/mol. The largest absolute Gasteiger partial charge is 0.527 e. The van der Waals surface area contributed by atoms with E-state index in [1.165, 1.54) is 5.69 Å². The number of nitrogens with zero attached hydrogens (tertiary/aromatic N) is 4. The molecule has 138 valence electrons.